The molecule has 3 heterocycles. The zero-order chi connectivity index (χ0) is 40.7. The largest absolute Gasteiger partial charge is 0.455 e. The van der Waals surface area contributed by atoms with Gasteiger partial charge in [-0.1, -0.05) is 152 Å². The summed E-state index contributed by atoms with van der Waals surface area (Å²) in [7, 11) is 0. The fourth-order valence-electron chi connectivity index (χ4n) is 9.80. The number of para-hydroxylation sites is 6. The van der Waals surface area contributed by atoms with Crippen LogP contribution in [0.3, 0.4) is 0 Å². The van der Waals surface area contributed by atoms with Crippen LogP contribution in [0.15, 0.2) is 223 Å². The van der Waals surface area contributed by atoms with Crippen LogP contribution >= 0.6 is 0 Å². The predicted molar refractivity (Wildman–Crippen MR) is 257 cm³/mol. The topological polar surface area (TPSA) is 30.5 Å². The Morgan fingerprint density at radius 2 is 1.00 bits per heavy atom. The van der Waals surface area contributed by atoms with Gasteiger partial charge in [-0.05, 0) is 99.8 Å². The Bertz CT molecular complexity index is 3750. The second-order valence-electron chi connectivity index (χ2n) is 16.0. The molecule has 0 amide bonds. The fraction of sp³-hybridized carbons (Fsp3) is 0. The second-order valence-corrected chi connectivity index (χ2v) is 16.0. The second kappa shape index (κ2) is 13.6. The van der Waals surface area contributed by atoms with E-state index in [1.807, 2.05) is 24.3 Å². The number of nitrogens with zero attached hydrogens (tertiary/aromatic N) is 2. The molecule has 13 rings (SSSR count). The van der Waals surface area contributed by atoms with Gasteiger partial charge in [0.2, 0.25) is 0 Å². The molecule has 0 saturated carbocycles. The van der Waals surface area contributed by atoms with E-state index in [1.165, 1.54) is 27.1 Å². The lowest BCUT2D eigenvalue weighted by molar-refractivity contribution is 0.476. The average Bonchev–Trinajstić information content (AvgIpc) is 3.89. The molecule has 0 aliphatic carbocycles. The first kappa shape index (κ1) is 34.5. The van der Waals surface area contributed by atoms with E-state index in [9.17, 15) is 0 Å². The summed E-state index contributed by atoms with van der Waals surface area (Å²) in [6, 6.07) is 78.1. The van der Waals surface area contributed by atoms with Crippen LogP contribution in [-0.4, -0.2) is 4.57 Å². The molecule has 2 aromatic heterocycles. The van der Waals surface area contributed by atoms with Crippen LogP contribution in [0.4, 0.5) is 17.1 Å². The van der Waals surface area contributed by atoms with Crippen molar-refractivity contribution in [2.75, 3.05) is 4.90 Å². The van der Waals surface area contributed by atoms with E-state index in [0.717, 1.165) is 95.0 Å². The van der Waals surface area contributed by atoms with E-state index in [1.54, 1.807) is 0 Å². The molecule has 0 spiro atoms. The molecule has 62 heavy (non-hydrogen) atoms. The van der Waals surface area contributed by atoms with Gasteiger partial charge in [-0.15, -0.1) is 0 Å². The molecule has 0 unspecified atom stereocenters. The maximum atomic E-state index is 6.57. The molecule has 0 radical (unpaired) electrons. The molecule has 0 saturated heterocycles. The van der Waals surface area contributed by atoms with Crippen molar-refractivity contribution in [1.29, 1.82) is 0 Å². The predicted octanol–water partition coefficient (Wildman–Crippen LogP) is 16.4. The number of benzene rings is 10. The number of furan rings is 1. The summed E-state index contributed by atoms with van der Waals surface area (Å²) < 4.78 is 15.4. The third-order valence-corrected chi connectivity index (χ3v) is 12.6. The Kier molecular flexibility index (Phi) is 7.57. The Morgan fingerprint density at radius 1 is 0.387 bits per heavy atom. The molecular formula is C58H36N2O2. The van der Waals surface area contributed by atoms with Crippen LogP contribution in [0.2, 0.25) is 0 Å². The van der Waals surface area contributed by atoms with Gasteiger partial charge in [-0.3, -0.25) is 0 Å². The highest BCUT2D eigenvalue weighted by molar-refractivity contribution is 6.14. The van der Waals surface area contributed by atoms with E-state index in [4.69, 9.17) is 9.15 Å². The molecular weight excluding hydrogens is 757 g/mol. The Labute approximate surface area is 357 Å². The number of fused-ring (bicyclic) bond motifs is 9. The Hall–Kier alpha value is -8.34. The highest BCUT2D eigenvalue weighted by Gasteiger charge is 2.25. The quantitative estimate of drug-likeness (QED) is 0.168. The lowest BCUT2D eigenvalue weighted by Crippen LogP contribution is -2.11. The van der Waals surface area contributed by atoms with E-state index in [2.05, 4.69) is 204 Å². The highest BCUT2D eigenvalue weighted by Crippen LogP contribution is 2.48. The van der Waals surface area contributed by atoms with Crippen LogP contribution in [0.5, 0.6) is 11.5 Å². The zero-order valence-electron chi connectivity index (χ0n) is 33.5. The third kappa shape index (κ3) is 5.27. The van der Waals surface area contributed by atoms with Crippen LogP contribution in [-0.2, 0) is 0 Å². The van der Waals surface area contributed by atoms with E-state index >= 15 is 0 Å². The maximum Gasteiger partial charge on any atom is 0.152 e. The summed E-state index contributed by atoms with van der Waals surface area (Å²) in [5.41, 5.74) is 15.0. The Morgan fingerprint density at radius 3 is 1.90 bits per heavy atom. The smallest absolute Gasteiger partial charge is 0.152 e. The van der Waals surface area contributed by atoms with Crippen LogP contribution in [0, 0.1) is 0 Å². The summed E-state index contributed by atoms with van der Waals surface area (Å²) in [6.07, 6.45) is 0. The number of ether oxygens (including phenoxy) is 1. The molecule has 0 fully saturated rings. The molecule has 0 bridgehead atoms. The monoisotopic (exact) mass is 792 g/mol. The van der Waals surface area contributed by atoms with Gasteiger partial charge in [-0.25, -0.2) is 0 Å². The summed E-state index contributed by atoms with van der Waals surface area (Å²) in [6.45, 7) is 0. The summed E-state index contributed by atoms with van der Waals surface area (Å²) in [4.78, 5) is 2.41. The van der Waals surface area contributed by atoms with Crippen molar-refractivity contribution in [3.63, 3.8) is 0 Å². The fourth-order valence-corrected chi connectivity index (χ4v) is 9.80. The third-order valence-electron chi connectivity index (χ3n) is 12.6. The van der Waals surface area contributed by atoms with Crippen molar-refractivity contribution in [2.24, 2.45) is 0 Å². The minimum Gasteiger partial charge on any atom is -0.455 e. The van der Waals surface area contributed by atoms with E-state index in [-0.39, 0.29) is 0 Å². The normalized spacial score (nSPS) is 12.0. The SMILES string of the molecule is c1cc(-c2cccc3ccccc23)cc(N(c2cccc(-c3cccc4c3oc3ccccc34)c2)c2ccccc2-c2ccc3c(c2)c2cccc4c2n3-c2ccccc2O4)c1. The summed E-state index contributed by atoms with van der Waals surface area (Å²) in [5.74, 6) is 1.73. The number of rotatable bonds is 6. The number of hydrogen-bond acceptors (Lipinski definition) is 3. The molecule has 1 aliphatic rings. The van der Waals surface area contributed by atoms with Crippen LogP contribution in [0.1, 0.15) is 0 Å². The summed E-state index contributed by atoms with van der Waals surface area (Å²) >= 11 is 0. The van der Waals surface area contributed by atoms with Crippen molar-refractivity contribution in [3.05, 3.63) is 218 Å². The molecule has 4 heteroatoms. The first-order valence-electron chi connectivity index (χ1n) is 21.1. The van der Waals surface area contributed by atoms with Gasteiger partial charge in [0.1, 0.15) is 11.2 Å². The van der Waals surface area contributed by atoms with Crippen molar-refractivity contribution >= 4 is 71.6 Å². The number of hydrogen-bond donors (Lipinski definition) is 0. The van der Waals surface area contributed by atoms with Gasteiger partial charge in [-0.2, -0.15) is 0 Å². The number of aromatic nitrogens is 1. The van der Waals surface area contributed by atoms with Crippen molar-refractivity contribution in [1.82, 2.24) is 4.57 Å². The standard InChI is InChI=1S/C58H36N2O2/c1-2-20-43-37(14-1)15-11-23-44(43)38-16-9-18-41(34-38)59(42-19-10-17-39(35-42)46-24-12-26-49-47-22-4-7-29-54(47)62-58(46)49)51-27-5-3-21-45(51)40-32-33-52-50(36-40)48-25-13-31-56-57(48)60(52)53-28-6-8-30-55(53)61-56/h1-36H. The average molecular weight is 793 g/mol. The van der Waals surface area contributed by atoms with Gasteiger partial charge in [0.25, 0.3) is 0 Å². The molecule has 12 aromatic rings. The summed E-state index contributed by atoms with van der Waals surface area (Å²) in [5, 5.41) is 7.03. The van der Waals surface area contributed by atoms with Crippen molar-refractivity contribution in [2.45, 2.75) is 0 Å². The van der Waals surface area contributed by atoms with Gasteiger partial charge in [0, 0.05) is 44.0 Å². The molecule has 290 valence electrons. The molecule has 1 aliphatic heterocycles. The minimum atomic E-state index is 0.861. The molecule has 0 N–H and O–H groups in total. The van der Waals surface area contributed by atoms with Crippen LogP contribution in [0.25, 0.3) is 93.6 Å². The first-order chi connectivity index (χ1) is 30.7. The van der Waals surface area contributed by atoms with E-state index < -0.39 is 0 Å². The number of anilines is 3. The van der Waals surface area contributed by atoms with Crippen molar-refractivity contribution < 1.29 is 9.15 Å². The van der Waals surface area contributed by atoms with Crippen molar-refractivity contribution in [3.8, 4) is 50.6 Å². The van der Waals surface area contributed by atoms with Gasteiger partial charge in [0.05, 0.1) is 22.4 Å². The lowest BCUT2D eigenvalue weighted by Gasteiger charge is -2.29. The maximum absolute atomic E-state index is 6.57. The van der Waals surface area contributed by atoms with Gasteiger partial charge < -0.3 is 18.6 Å². The van der Waals surface area contributed by atoms with E-state index in [0.29, 0.717) is 0 Å². The Balaban J connectivity index is 1.02. The van der Waals surface area contributed by atoms with Gasteiger partial charge in [0.15, 0.2) is 11.5 Å². The van der Waals surface area contributed by atoms with Gasteiger partial charge >= 0.3 is 0 Å². The lowest BCUT2D eigenvalue weighted by atomic mass is 9.96. The molecule has 0 atom stereocenters. The minimum absolute atomic E-state index is 0.861. The molecule has 10 aromatic carbocycles. The zero-order valence-corrected chi connectivity index (χ0v) is 33.5. The first-order valence-corrected chi connectivity index (χ1v) is 21.1. The highest BCUT2D eigenvalue weighted by atomic mass is 16.5. The van der Waals surface area contributed by atoms with Crippen LogP contribution < -0.4 is 9.64 Å². The molecule has 4 nitrogen and oxygen atoms in total.